The van der Waals surface area contributed by atoms with Crippen LogP contribution in [0.25, 0.3) is 0 Å². The summed E-state index contributed by atoms with van der Waals surface area (Å²) in [6.45, 7) is 2.50. The zero-order valence-corrected chi connectivity index (χ0v) is 17.0. The second-order valence-electron chi connectivity index (χ2n) is 8.90. The predicted octanol–water partition coefficient (Wildman–Crippen LogP) is 2.48. The van der Waals surface area contributed by atoms with Gasteiger partial charge in [0.2, 0.25) is 5.91 Å². The van der Waals surface area contributed by atoms with Crippen molar-refractivity contribution in [2.45, 2.75) is 37.6 Å². The monoisotopic (exact) mass is 381 g/mol. The first kappa shape index (κ1) is 19.2. The highest BCUT2D eigenvalue weighted by Crippen LogP contribution is 2.37. The number of likely N-dealkylation sites (tertiary alicyclic amines) is 1. The summed E-state index contributed by atoms with van der Waals surface area (Å²) in [6, 6.07) is 7.84. The van der Waals surface area contributed by atoms with Crippen molar-refractivity contribution in [1.82, 2.24) is 15.1 Å². The van der Waals surface area contributed by atoms with Gasteiger partial charge in [-0.2, -0.15) is 0 Å². The smallest absolute Gasteiger partial charge is 0.252 e. The van der Waals surface area contributed by atoms with Crippen molar-refractivity contribution in [3.63, 3.8) is 0 Å². The minimum Gasteiger partial charge on any atom is -0.348 e. The molecule has 0 saturated carbocycles. The highest BCUT2D eigenvalue weighted by Gasteiger charge is 2.52. The molecule has 2 heterocycles. The number of benzene rings is 1. The molecule has 1 unspecified atom stereocenters. The molecule has 3 atom stereocenters. The van der Waals surface area contributed by atoms with Crippen LogP contribution in [0, 0.1) is 11.8 Å². The van der Waals surface area contributed by atoms with Crippen molar-refractivity contribution in [1.29, 1.82) is 0 Å². The Balaban J connectivity index is 1.59. The molecule has 4 rings (SSSR count). The molecule has 5 heteroatoms. The van der Waals surface area contributed by atoms with Crippen LogP contribution in [0.2, 0.25) is 0 Å². The van der Waals surface area contributed by atoms with E-state index in [4.69, 9.17) is 0 Å². The van der Waals surface area contributed by atoms with E-state index >= 15 is 0 Å². The minimum atomic E-state index is -0.484. The van der Waals surface area contributed by atoms with E-state index in [0.29, 0.717) is 5.92 Å². The molecule has 1 saturated heterocycles. The Morgan fingerprint density at radius 1 is 1.29 bits per heavy atom. The molecule has 3 aliphatic rings. The van der Waals surface area contributed by atoms with Gasteiger partial charge in [-0.05, 0) is 49.7 Å². The van der Waals surface area contributed by atoms with Crippen LogP contribution >= 0.6 is 0 Å². The second-order valence-corrected chi connectivity index (χ2v) is 8.90. The summed E-state index contributed by atoms with van der Waals surface area (Å²) in [7, 11) is 3.63. The van der Waals surface area contributed by atoms with E-state index in [0.717, 1.165) is 56.4 Å². The molecule has 0 radical (unpaired) electrons. The summed E-state index contributed by atoms with van der Waals surface area (Å²) in [5, 5.41) is 3.32. The molecule has 1 fully saturated rings. The van der Waals surface area contributed by atoms with Crippen LogP contribution in [0.15, 0.2) is 36.4 Å². The summed E-state index contributed by atoms with van der Waals surface area (Å²) >= 11 is 0. The molecular formula is C23H31N3O2. The molecular weight excluding hydrogens is 350 g/mol. The molecule has 0 bridgehead atoms. The number of amides is 2. The largest absolute Gasteiger partial charge is 0.348 e. The second kappa shape index (κ2) is 7.70. The number of carbonyl (C=O) groups excluding carboxylic acids is 2. The maximum atomic E-state index is 13.1. The summed E-state index contributed by atoms with van der Waals surface area (Å²) in [5.74, 6) is 0.540. The van der Waals surface area contributed by atoms with E-state index in [1.54, 1.807) is 4.90 Å². The van der Waals surface area contributed by atoms with Crippen molar-refractivity contribution in [3.05, 3.63) is 47.5 Å². The summed E-state index contributed by atoms with van der Waals surface area (Å²) in [5.41, 5.74) is 1.36. The fourth-order valence-electron chi connectivity index (χ4n) is 5.21. The van der Waals surface area contributed by atoms with Gasteiger partial charge in [-0.1, -0.05) is 30.4 Å². The fourth-order valence-corrected chi connectivity index (χ4v) is 5.21. The topological polar surface area (TPSA) is 52.7 Å². The van der Waals surface area contributed by atoms with Crippen molar-refractivity contribution in [3.8, 4) is 0 Å². The zero-order valence-electron chi connectivity index (χ0n) is 17.0. The van der Waals surface area contributed by atoms with E-state index in [1.165, 1.54) is 6.42 Å². The van der Waals surface area contributed by atoms with Crippen molar-refractivity contribution < 1.29 is 9.59 Å². The van der Waals surface area contributed by atoms with Gasteiger partial charge in [-0.15, -0.1) is 0 Å². The lowest BCUT2D eigenvalue weighted by atomic mass is 9.81. The standard InChI is InChI=1S/C23H31N3O2/c1-25(2)22(28)20-15-26(14-17-8-4-3-5-9-17)16-23(20)13-12-18-10-6-7-11-19(18)21(27)24-23/h3-4,6-7,10-11,17,20H,5,8-9,12-16H2,1-2H3,(H,24,27)/t17?,20-,23+/m1/s1. The van der Waals surface area contributed by atoms with Gasteiger partial charge in [0.25, 0.3) is 5.91 Å². The number of fused-ring (bicyclic) bond motifs is 1. The van der Waals surface area contributed by atoms with E-state index in [9.17, 15) is 9.59 Å². The maximum Gasteiger partial charge on any atom is 0.252 e. The molecule has 1 aliphatic carbocycles. The van der Waals surface area contributed by atoms with Crippen LogP contribution in [0.1, 0.15) is 41.6 Å². The van der Waals surface area contributed by atoms with Crippen molar-refractivity contribution in [2.75, 3.05) is 33.7 Å². The number of hydrogen-bond donors (Lipinski definition) is 1. The first-order chi connectivity index (χ1) is 13.5. The molecule has 1 N–H and O–H groups in total. The van der Waals surface area contributed by atoms with Gasteiger partial charge >= 0.3 is 0 Å². The molecule has 1 aromatic rings. The quantitative estimate of drug-likeness (QED) is 0.819. The first-order valence-electron chi connectivity index (χ1n) is 10.5. The normalized spacial score (nSPS) is 30.0. The molecule has 150 valence electrons. The zero-order chi connectivity index (χ0) is 19.7. The number of allylic oxidation sites excluding steroid dienone is 2. The number of carbonyl (C=O) groups is 2. The molecule has 0 aromatic heterocycles. The van der Waals surface area contributed by atoms with Crippen LogP contribution in [-0.4, -0.2) is 60.9 Å². The van der Waals surface area contributed by atoms with Crippen LogP contribution < -0.4 is 5.32 Å². The Hall–Kier alpha value is -2.14. The van der Waals surface area contributed by atoms with E-state index in [1.807, 2.05) is 38.4 Å². The molecule has 1 spiro atoms. The molecule has 1 aromatic carbocycles. The van der Waals surface area contributed by atoms with Gasteiger partial charge in [-0.3, -0.25) is 14.5 Å². The van der Waals surface area contributed by atoms with Crippen LogP contribution in [0.4, 0.5) is 0 Å². The fraction of sp³-hybridized carbons (Fsp3) is 0.565. The Morgan fingerprint density at radius 2 is 2.11 bits per heavy atom. The third kappa shape index (κ3) is 3.60. The third-order valence-corrected chi connectivity index (χ3v) is 6.71. The van der Waals surface area contributed by atoms with E-state index in [-0.39, 0.29) is 17.7 Å². The Morgan fingerprint density at radius 3 is 2.86 bits per heavy atom. The highest BCUT2D eigenvalue weighted by atomic mass is 16.2. The van der Waals surface area contributed by atoms with E-state index < -0.39 is 5.54 Å². The van der Waals surface area contributed by atoms with Gasteiger partial charge < -0.3 is 10.2 Å². The number of nitrogens with one attached hydrogen (secondary N) is 1. The van der Waals surface area contributed by atoms with Crippen molar-refractivity contribution in [2.24, 2.45) is 11.8 Å². The SMILES string of the molecule is CN(C)C(=O)[C@H]1CN(CC2CC=CCC2)C[C@@]12CCc1ccccc1C(=O)N2. The Kier molecular flexibility index (Phi) is 5.28. The predicted molar refractivity (Wildman–Crippen MR) is 110 cm³/mol. The molecule has 5 nitrogen and oxygen atoms in total. The number of hydrogen-bond acceptors (Lipinski definition) is 3. The average molecular weight is 382 g/mol. The summed E-state index contributed by atoms with van der Waals surface area (Å²) in [4.78, 5) is 30.2. The maximum absolute atomic E-state index is 13.1. The molecule has 28 heavy (non-hydrogen) atoms. The van der Waals surface area contributed by atoms with Crippen LogP contribution in [0.3, 0.4) is 0 Å². The van der Waals surface area contributed by atoms with Gasteiger partial charge in [0.1, 0.15) is 0 Å². The first-order valence-corrected chi connectivity index (χ1v) is 10.5. The van der Waals surface area contributed by atoms with E-state index in [2.05, 4.69) is 22.4 Å². The van der Waals surface area contributed by atoms with Crippen LogP contribution in [0.5, 0.6) is 0 Å². The third-order valence-electron chi connectivity index (χ3n) is 6.71. The Bertz CT molecular complexity index is 788. The lowest BCUT2D eigenvalue weighted by Crippen LogP contribution is -2.57. The number of aryl methyl sites for hydroxylation is 1. The van der Waals surface area contributed by atoms with Crippen LogP contribution in [-0.2, 0) is 11.2 Å². The lowest BCUT2D eigenvalue weighted by molar-refractivity contribution is -0.134. The van der Waals surface area contributed by atoms with Gasteiger partial charge in [0.15, 0.2) is 0 Å². The average Bonchev–Trinajstić information content (AvgIpc) is 2.96. The minimum absolute atomic E-state index is 0.0351. The number of nitrogens with zero attached hydrogens (tertiary/aromatic N) is 2. The van der Waals surface area contributed by atoms with Gasteiger partial charge in [-0.25, -0.2) is 0 Å². The molecule has 2 aliphatic heterocycles. The Labute approximate surface area is 167 Å². The summed E-state index contributed by atoms with van der Waals surface area (Å²) < 4.78 is 0. The number of rotatable bonds is 3. The van der Waals surface area contributed by atoms with Crippen molar-refractivity contribution >= 4 is 11.8 Å². The molecule has 2 amide bonds. The van der Waals surface area contributed by atoms with Gasteiger partial charge in [0, 0.05) is 39.3 Å². The lowest BCUT2D eigenvalue weighted by Gasteiger charge is -2.35. The highest BCUT2D eigenvalue weighted by molar-refractivity contribution is 5.97. The van der Waals surface area contributed by atoms with Gasteiger partial charge in [0.05, 0.1) is 11.5 Å². The summed E-state index contributed by atoms with van der Waals surface area (Å²) in [6.07, 6.45) is 9.66.